The molecule has 4 aliphatic rings. The monoisotopic (exact) mass is 428 g/mol. The minimum Gasteiger partial charge on any atom is -0.389 e. The van der Waals surface area contributed by atoms with Crippen LogP contribution >= 0.6 is 0 Å². The van der Waals surface area contributed by atoms with E-state index in [0.29, 0.717) is 23.7 Å². The van der Waals surface area contributed by atoms with Crippen molar-refractivity contribution in [3.63, 3.8) is 0 Å². The summed E-state index contributed by atoms with van der Waals surface area (Å²) in [4.78, 5) is 12.1. The van der Waals surface area contributed by atoms with Gasteiger partial charge in [0.1, 0.15) is 0 Å². The molecule has 0 spiro atoms. The van der Waals surface area contributed by atoms with Crippen LogP contribution in [0.4, 0.5) is 0 Å². The summed E-state index contributed by atoms with van der Waals surface area (Å²) in [7, 11) is 0. The highest BCUT2D eigenvalue weighted by Crippen LogP contribution is 2.67. The zero-order valence-electron chi connectivity index (χ0n) is 21.1. The van der Waals surface area contributed by atoms with Gasteiger partial charge in [0.25, 0.3) is 0 Å². The molecule has 9 atom stereocenters. The Morgan fingerprint density at radius 1 is 1.06 bits per heavy atom. The summed E-state index contributed by atoms with van der Waals surface area (Å²) >= 11 is 0. The van der Waals surface area contributed by atoms with Gasteiger partial charge in [-0.2, -0.15) is 0 Å². The largest absolute Gasteiger partial charge is 0.389 e. The highest BCUT2D eigenvalue weighted by atomic mass is 16.3. The summed E-state index contributed by atoms with van der Waals surface area (Å²) in [6.07, 6.45) is 13.4. The number of hydrogen-bond acceptors (Lipinski definition) is 2. The van der Waals surface area contributed by atoms with E-state index in [2.05, 4.69) is 41.5 Å². The molecule has 2 nitrogen and oxygen atoms in total. The van der Waals surface area contributed by atoms with Crippen LogP contribution in [0.2, 0.25) is 0 Å². The molecule has 0 aliphatic heterocycles. The number of fused-ring (bicyclic) bond motifs is 5. The smallest absolute Gasteiger partial charge is 0.155 e. The van der Waals surface area contributed by atoms with E-state index in [9.17, 15) is 9.90 Å². The summed E-state index contributed by atoms with van der Waals surface area (Å²) in [6, 6.07) is 0. The van der Waals surface area contributed by atoms with Crippen LogP contribution in [0, 0.1) is 52.3 Å². The summed E-state index contributed by atoms with van der Waals surface area (Å²) in [5, 5.41) is 11.1. The minimum absolute atomic E-state index is 0.0485. The number of carbonyl (C=O) groups excluding carboxylic acids is 1. The number of hydrogen-bond donors (Lipinski definition) is 1. The molecule has 3 fully saturated rings. The second-order valence-electron chi connectivity index (χ2n) is 12.8. The summed E-state index contributed by atoms with van der Waals surface area (Å²) in [6.45, 7) is 14.7. The average molecular weight is 429 g/mol. The molecule has 31 heavy (non-hydrogen) atoms. The fourth-order valence-corrected chi connectivity index (χ4v) is 9.27. The van der Waals surface area contributed by atoms with E-state index in [1.54, 1.807) is 0 Å². The van der Waals surface area contributed by atoms with Gasteiger partial charge in [0.15, 0.2) is 5.78 Å². The molecule has 0 heterocycles. The number of carbonyl (C=O) groups is 1. The zero-order valence-corrected chi connectivity index (χ0v) is 21.1. The van der Waals surface area contributed by atoms with Gasteiger partial charge in [-0.3, -0.25) is 4.79 Å². The van der Waals surface area contributed by atoms with Gasteiger partial charge in [0.2, 0.25) is 0 Å². The van der Waals surface area contributed by atoms with Crippen LogP contribution in [0.5, 0.6) is 0 Å². The minimum atomic E-state index is -0.398. The highest BCUT2D eigenvalue weighted by Gasteiger charge is 2.60. The fourth-order valence-electron chi connectivity index (χ4n) is 9.27. The number of ketones is 1. The predicted molar refractivity (Wildman–Crippen MR) is 129 cm³/mol. The van der Waals surface area contributed by atoms with Crippen molar-refractivity contribution in [3.8, 4) is 0 Å². The second kappa shape index (κ2) is 8.62. The lowest BCUT2D eigenvalue weighted by molar-refractivity contribution is -0.119. The van der Waals surface area contributed by atoms with Crippen LogP contribution < -0.4 is 0 Å². The highest BCUT2D eigenvalue weighted by molar-refractivity contribution is 5.91. The fraction of sp³-hybridized carbons (Fsp3) is 0.897. The average Bonchev–Trinajstić information content (AvgIpc) is 3.07. The molecule has 0 radical (unpaired) electrons. The van der Waals surface area contributed by atoms with Crippen molar-refractivity contribution >= 4 is 5.78 Å². The quantitative estimate of drug-likeness (QED) is 0.485. The molecular formula is C29H48O2. The van der Waals surface area contributed by atoms with Gasteiger partial charge in [0.05, 0.1) is 6.10 Å². The van der Waals surface area contributed by atoms with E-state index in [0.717, 1.165) is 48.0 Å². The molecule has 0 bridgehead atoms. The van der Waals surface area contributed by atoms with Gasteiger partial charge >= 0.3 is 0 Å². The number of aliphatic hydroxyl groups excluding tert-OH is 1. The lowest BCUT2D eigenvalue weighted by Gasteiger charge is -2.59. The summed E-state index contributed by atoms with van der Waals surface area (Å²) in [5.74, 6) is 5.62. The SMILES string of the molecule is CC[C@@H](CC[C@@H](C)[C@H]1CCC2C3C[C@@H](O)C4=CC(=O)CC[C@]4(C)C3CC[C@@]21C)C(C)C. The molecule has 1 N–H and O–H groups in total. The Labute approximate surface area is 191 Å². The lowest BCUT2D eigenvalue weighted by Crippen LogP contribution is -2.54. The third-order valence-corrected chi connectivity index (χ3v) is 11.2. The van der Waals surface area contributed by atoms with Crippen LogP contribution in [-0.2, 0) is 4.79 Å². The molecule has 0 aromatic rings. The molecule has 4 aliphatic carbocycles. The second-order valence-corrected chi connectivity index (χ2v) is 12.8. The van der Waals surface area contributed by atoms with Crippen molar-refractivity contribution < 1.29 is 9.90 Å². The predicted octanol–water partition coefficient (Wildman–Crippen LogP) is 7.20. The molecule has 0 saturated heterocycles. The third kappa shape index (κ3) is 3.87. The first-order chi connectivity index (χ1) is 14.6. The molecule has 2 heteroatoms. The number of rotatable bonds is 6. The van der Waals surface area contributed by atoms with E-state index in [1.165, 1.54) is 44.9 Å². The van der Waals surface area contributed by atoms with Crippen molar-refractivity contribution in [2.75, 3.05) is 0 Å². The molecule has 0 aromatic carbocycles. The van der Waals surface area contributed by atoms with Crippen LogP contribution in [0.15, 0.2) is 11.6 Å². The topological polar surface area (TPSA) is 37.3 Å². The van der Waals surface area contributed by atoms with Gasteiger partial charge in [-0.1, -0.05) is 54.4 Å². The summed E-state index contributed by atoms with van der Waals surface area (Å²) in [5.41, 5.74) is 1.57. The Bertz CT molecular complexity index is 708. The van der Waals surface area contributed by atoms with E-state index in [4.69, 9.17) is 0 Å². The Hall–Kier alpha value is -0.630. The van der Waals surface area contributed by atoms with Crippen molar-refractivity contribution in [3.05, 3.63) is 11.6 Å². The van der Waals surface area contributed by atoms with Crippen LogP contribution in [0.1, 0.15) is 106 Å². The first-order valence-corrected chi connectivity index (χ1v) is 13.5. The van der Waals surface area contributed by atoms with Gasteiger partial charge in [-0.25, -0.2) is 0 Å². The van der Waals surface area contributed by atoms with E-state index < -0.39 is 6.10 Å². The zero-order chi connectivity index (χ0) is 22.6. The van der Waals surface area contributed by atoms with E-state index in [1.807, 2.05) is 6.08 Å². The van der Waals surface area contributed by atoms with E-state index in [-0.39, 0.29) is 11.2 Å². The molecule has 3 unspecified atom stereocenters. The van der Waals surface area contributed by atoms with Crippen LogP contribution in [0.25, 0.3) is 0 Å². The van der Waals surface area contributed by atoms with Crippen molar-refractivity contribution in [2.45, 2.75) is 112 Å². The maximum Gasteiger partial charge on any atom is 0.155 e. The van der Waals surface area contributed by atoms with Crippen molar-refractivity contribution in [1.29, 1.82) is 0 Å². The first-order valence-electron chi connectivity index (χ1n) is 13.5. The molecular weight excluding hydrogens is 380 g/mol. The molecule has 0 amide bonds. The molecule has 4 rings (SSSR count). The Morgan fingerprint density at radius 2 is 1.81 bits per heavy atom. The van der Waals surface area contributed by atoms with Gasteiger partial charge in [0, 0.05) is 6.42 Å². The first kappa shape index (κ1) is 23.5. The van der Waals surface area contributed by atoms with Crippen molar-refractivity contribution in [1.82, 2.24) is 0 Å². The normalized spacial score (nSPS) is 44.3. The van der Waals surface area contributed by atoms with Crippen LogP contribution in [-0.4, -0.2) is 17.0 Å². The Morgan fingerprint density at radius 3 is 2.48 bits per heavy atom. The van der Waals surface area contributed by atoms with Crippen LogP contribution in [0.3, 0.4) is 0 Å². The molecule has 176 valence electrons. The Balaban J connectivity index is 1.51. The lowest BCUT2D eigenvalue weighted by atomic mass is 9.46. The van der Waals surface area contributed by atoms with Gasteiger partial charge in [-0.05, 0) is 109 Å². The number of aliphatic hydroxyl groups is 1. The standard InChI is InChI=1S/C29H48O2/c1-7-20(18(2)3)9-8-19(4)23-10-11-24-22-17-27(31)26-16-21(30)12-14-29(26,6)25(22)13-15-28(23,24)5/h16,18-20,22-25,27,31H,7-15,17H2,1-6H3/t19-,20+,22?,23-,24?,25?,27-,28-,29-/m1/s1. The maximum atomic E-state index is 12.1. The van der Waals surface area contributed by atoms with Crippen molar-refractivity contribution in [2.24, 2.45) is 52.3 Å². The molecule has 0 aromatic heterocycles. The Kier molecular flexibility index (Phi) is 6.54. The maximum absolute atomic E-state index is 12.1. The van der Waals surface area contributed by atoms with Gasteiger partial charge in [-0.15, -0.1) is 0 Å². The third-order valence-electron chi connectivity index (χ3n) is 11.2. The van der Waals surface area contributed by atoms with Gasteiger partial charge < -0.3 is 5.11 Å². The molecule has 3 saturated carbocycles. The van der Waals surface area contributed by atoms with E-state index >= 15 is 0 Å². The summed E-state index contributed by atoms with van der Waals surface area (Å²) < 4.78 is 0.